The minimum absolute atomic E-state index is 0.00170. The molecule has 0 saturated carbocycles. The Morgan fingerprint density at radius 2 is 1.68 bits per heavy atom. The zero-order valence-corrected chi connectivity index (χ0v) is 22.5. The summed E-state index contributed by atoms with van der Waals surface area (Å²) in [5, 5.41) is 2.51. The van der Waals surface area contributed by atoms with Gasteiger partial charge in [-0.25, -0.2) is 4.79 Å². The Labute approximate surface area is 236 Å². The third kappa shape index (κ3) is 4.48. The minimum atomic E-state index is -1.54. The Morgan fingerprint density at radius 3 is 2.54 bits per heavy atom. The molecule has 0 spiro atoms. The third-order valence-corrected chi connectivity index (χ3v) is 8.73. The van der Waals surface area contributed by atoms with Crippen LogP contribution < -0.4 is 20.3 Å². The van der Waals surface area contributed by atoms with Crippen molar-refractivity contribution in [1.29, 1.82) is 0 Å². The van der Waals surface area contributed by atoms with Gasteiger partial charge in [0.25, 0.3) is 5.56 Å². The molecule has 0 radical (unpaired) electrons. The van der Waals surface area contributed by atoms with Crippen LogP contribution in [0.4, 0.5) is 4.79 Å². The minimum Gasteiger partial charge on any atom is -0.454 e. The number of pyridine rings is 1. The van der Waals surface area contributed by atoms with Gasteiger partial charge in [0.2, 0.25) is 18.6 Å². The Hall–Kier alpha value is -4.44. The highest BCUT2D eigenvalue weighted by atomic mass is 16.7. The molecule has 2 fully saturated rings. The zero-order chi connectivity index (χ0) is 28.1. The number of likely N-dealkylation sites (tertiary alicyclic amines) is 1. The van der Waals surface area contributed by atoms with Gasteiger partial charge in [-0.15, -0.1) is 0 Å². The lowest BCUT2D eigenvalue weighted by atomic mass is 9.75. The molecule has 2 aromatic carbocycles. The van der Waals surface area contributed by atoms with E-state index in [0.29, 0.717) is 31.1 Å². The van der Waals surface area contributed by atoms with E-state index < -0.39 is 23.3 Å². The van der Waals surface area contributed by atoms with Crippen molar-refractivity contribution in [2.24, 2.45) is 11.3 Å². The van der Waals surface area contributed by atoms with Crippen molar-refractivity contribution >= 4 is 17.8 Å². The number of amides is 4. The number of aromatic nitrogens is 1. The van der Waals surface area contributed by atoms with Gasteiger partial charge in [0.05, 0.1) is 6.54 Å². The van der Waals surface area contributed by atoms with Crippen molar-refractivity contribution in [3.05, 3.63) is 93.9 Å². The maximum Gasteiger partial charge on any atom is 0.331 e. The van der Waals surface area contributed by atoms with Crippen molar-refractivity contribution in [1.82, 2.24) is 19.7 Å². The second-order valence-electron chi connectivity index (χ2n) is 11.5. The number of imide groups is 2. The van der Waals surface area contributed by atoms with Gasteiger partial charge < -0.3 is 18.9 Å². The topological polar surface area (TPSA) is 110 Å². The van der Waals surface area contributed by atoms with Gasteiger partial charge in [0, 0.05) is 43.9 Å². The smallest absolute Gasteiger partial charge is 0.331 e. The Kier molecular flexibility index (Phi) is 6.15. The van der Waals surface area contributed by atoms with Crippen molar-refractivity contribution < 1.29 is 23.9 Å². The number of nitrogens with zero attached hydrogens (tertiary/aromatic N) is 3. The fourth-order valence-corrected chi connectivity index (χ4v) is 6.90. The highest BCUT2D eigenvalue weighted by molar-refractivity contribution is 6.19. The summed E-state index contributed by atoms with van der Waals surface area (Å²) in [4.78, 5) is 57.1. The van der Waals surface area contributed by atoms with Crippen LogP contribution in [0.2, 0.25) is 0 Å². The van der Waals surface area contributed by atoms with E-state index in [2.05, 4.69) is 10.2 Å². The van der Waals surface area contributed by atoms with Crippen molar-refractivity contribution in [3.8, 4) is 11.5 Å². The van der Waals surface area contributed by atoms with E-state index in [9.17, 15) is 19.2 Å². The first kappa shape index (κ1) is 25.5. The molecule has 2 saturated heterocycles. The lowest BCUT2D eigenvalue weighted by Crippen LogP contribution is -2.67. The fourth-order valence-electron chi connectivity index (χ4n) is 6.90. The molecular formula is C31H30N4O6. The molecule has 4 amide bonds. The lowest BCUT2D eigenvalue weighted by Gasteiger charge is -2.47. The van der Waals surface area contributed by atoms with Crippen molar-refractivity contribution in [2.45, 2.75) is 31.8 Å². The first-order valence-corrected chi connectivity index (χ1v) is 13.9. The second-order valence-corrected chi connectivity index (χ2v) is 11.5. The quantitative estimate of drug-likeness (QED) is 0.467. The van der Waals surface area contributed by atoms with Crippen LogP contribution in [0.15, 0.2) is 71.5 Å². The van der Waals surface area contributed by atoms with E-state index in [1.165, 1.54) is 0 Å². The Balaban J connectivity index is 1.24. The van der Waals surface area contributed by atoms with Gasteiger partial charge in [-0.2, -0.15) is 0 Å². The molecule has 3 atom stereocenters. The second kappa shape index (κ2) is 9.88. The molecule has 7 rings (SSSR count). The number of rotatable bonds is 6. The predicted octanol–water partition coefficient (Wildman–Crippen LogP) is 2.50. The average molecular weight is 555 g/mol. The van der Waals surface area contributed by atoms with Crippen LogP contribution in [-0.4, -0.2) is 58.6 Å². The largest absolute Gasteiger partial charge is 0.454 e. The van der Waals surface area contributed by atoms with Crippen LogP contribution >= 0.6 is 0 Å². The van der Waals surface area contributed by atoms with Crippen molar-refractivity contribution in [3.63, 3.8) is 0 Å². The molecular weight excluding hydrogens is 524 g/mol. The highest BCUT2D eigenvalue weighted by Crippen LogP contribution is 2.40. The van der Waals surface area contributed by atoms with Gasteiger partial charge >= 0.3 is 6.03 Å². The van der Waals surface area contributed by atoms with E-state index in [1.54, 1.807) is 24.3 Å². The van der Waals surface area contributed by atoms with Gasteiger partial charge in [0.15, 0.2) is 11.5 Å². The number of hydrogen-bond donors (Lipinski definition) is 1. The van der Waals surface area contributed by atoms with Crippen LogP contribution in [0, 0.1) is 11.3 Å². The highest BCUT2D eigenvalue weighted by Gasteiger charge is 2.55. The van der Waals surface area contributed by atoms with Crippen LogP contribution in [0.3, 0.4) is 0 Å². The lowest BCUT2D eigenvalue weighted by molar-refractivity contribution is -0.154. The molecule has 41 heavy (non-hydrogen) atoms. The van der Waals surface area contributed by atoms with E-state index >= 15 is 0 Å². The summed E-state index contributed by atoms with van der Waals surface area (Å²) in [6.07, 6.45) is 1.04. The molecule has 1 aromatic heterocycles. The number of nitrogens with one attached hydrogen (secondary N) is 1. The summed E-state index contributed by atoms with van der Waals surface area (Å²) in [6, 6.07) is 19.3. The van der Waals surface area contributed by atoms with Gasteiger partial charge in [-0.1, -0.05) is 42.5 Å². The van der Waals surface area contributed by atoms with Crippen LogP contribution in [-0.2, 0) is 29.1 Å². The third-order valence-electron chi connectivity index (χ3n) is 8.73. The maximum absolute atomic E-state index is 14.4. The number of urea groups is 1. The van der Waals surface area contributed by atoms with Crippen molar-refractivity contribution in [2.75, 3.05) is 26.4 Å². The molecule has 210 valence electrons. The van der Waals surface area contributed by atoms with E-state index in [1.807, 2.05) is 47.0 Å². The van der Waals surface area contributed by atoms with Gasteiger partial charge in [-0.05, 0) is 48.1 Å². The molecule has 4 aliphatic rings. The van der Waals surface area contributed by atoms with Gasteiger partial charge in [0.1, 0.15) is 5.41 Å². The van der Waals surface area contributed by atoms with E-state index in [-0.39, 0.29) is 43.7 Å². The summed E-state index contributed by atoms with van der Waals surface area (Å²) in [5.74, 6) is 0.395. The summed E-state index contributed by atoms with van der Waals surface area (Å²) >= 11 is 0. The number of barbiturate groups is 1. The van der Waals surface area contributed by atoms with Crippen LogP contribution in [0.1, 0.15) is 29.2 Å². The maximum atomic E-state index is 14.4. The Morgan fingerprint density at radius 1 is 0.854 bits per heavy atom. The molecule has 2 bridgehead atoms. The van der Waals surface area contributed by atoms with E-state index in [0.717, 1.165) is 28.1 Å². The standard InChI is InChI=1S/C31H30N4O6/c36-27-8-4-7-24-23-11-22(16-34(24)27)14-33(17-23)18-31(13-21-9-10-25-26(12-21)41-19-40-25)28(37)32-30(39)35(29(31)38)15-20-5-2-1-3-6-20/h1-10,12,22-23H,11,13-19H2,(H,32,37,39). The van der Waals surface area contributed by atoms with Crippen LogP contribution in [0.5, 0.6) is 11.5 Å². The zero-order valence-electron chi connectivity index (χ0n) is 22.5. The summed E-state index contributed by atoms with van der Waals surface area (Å²) in [7, 11) is 0. The predicted molar refractivity (Wildman–Crippen MR) is 147 cm³/mol. The molecule has 10 heteroatoms. The normalized spacial score (nSPS) is 25.2. The monoisotopic (exact) mass is 554 g/mol. The molecule has 3 unspecified atom stereocenters. The number of carbonyl (C=O) groups is 3. The molecule has 1 N–H and O–H groups in total. The van der Waals surface area contributed by atoms with Gasteiger partial charge in [-0.3, -0.25) is 24.6 Å². The number of ether oxygens (including phenoxy) is 2. The average Bonchev–Trinajstić information content (AvgIpc) is 3.43. The SMILES string of the molecule is O=C1NC(=O)C(Cc2ccc3c(c2)OCO3)(CN2CC3CC(C2)c2cccc(=O)n2C3)C(=O)N1Cc1ccccc1. The number of fused-ring (bicyclic) bond motifs is 5. The molecule has 0 aliphatic carbocycles. The first-order valence-electron chi connectivity index (χ1n) is 13.9. The Bertz CT molecular complexity index is 1600. The number of carbonyl (C=O) groups excluding carboxylic acids is 3. The summed E-state index contributed by atoms with van der Waals surface area (Å²) in [5.41, 5.74) is 0.974. The summed E-state index contributed by atoms with van der Waals surface area (Å²) < 4.78 is 12.9. The summed E-state index contributed by atoms with van der Waals surface area (Å²) in [6.45, 7) is 2.18. The molecule has 4 aliphatic heterocycles. The fraction of sp³-hybridized carbons (Fsp3) is 0.355. The number of hydrogen-bond acceptors (Lipinski definition) is 7. The van der Waals surface area contributed by atoms with E-state index in [4.69, 9.17) is 9.47 Å². The molecule has 5 heterocycles. The number of benzene rings is 2. The van der Waals surface area contributed by atoms with Crippen LogP contribution in [0.25, 0.3) is 0 Å². The number of piperidine rings is 1. The first-order chi connectivity index (χ1) is 19.9. The molecule has 10 nitrogen and oxygen atoms in total. The molecule has 3 aromatic rings.